The fourth-order valence-electron chi connectivity index (χ4n) is 3.66. The summed E-state index contributed by atoms with van der Waals surface area (Å²) in [6.45, 7) is 11.5. The third kappa shape index (κ3) is 5.38. The minimum absolute atomic E-state index is 0.208. The van der Waals surface area contributed by atoms with Gasteiger partial charge in [-0.1, -0.05) is 26.8 Å². The summed E-state index contributed by atoms with van der Waals surface area (Å²) in [7, 11) is 1.69. The summed E-state index contributed by atoms with van der Waals surface area (Å²) < 4.78 is 11.4. The smallest absolute Gasteiger partial charge is 0.225 e. The van der Waals surface area contributed by atoms with Crippen molar-refractivity contribution in [1.82, 2.24) is 9.80 Å². The van der Waals surface area contributed by atoms with Crippen molar-refractivity contribution in [3.8, 4) is 11.5 Å². The van der Waals surface area contributed by atoms with Crippen molar-refractivity contribution < 1.29 is 14.3 Å². The van der Waals surface area contributed by atoms with Crippen LogP contribution in [-0.2, 0) is 11.3 Å². The first-order valence-corrected chi connectivity index (χ1v) is 10.3. The molecule has 1 aromatic carbocycles. The molecule has 0 N–H and O–H groups in total. The van der Waals surface area contributed by atoms with Crippen LogP contribution in [0.4, 0.5) is 0 Å². The summed E-state index contributed by atoms with van der Waals surface area (Å²) in [5.74, 6) is 3.28. The second kappa shape index (κ2) is 8.96. The molecule has 1 amide bonds. The Balaban J connectivity index is 1.51. The number of hydrogen-bond acceptors (Lipinski definition) is 4. The van der Waals surface area contributed by atoms with E-state index in [1.54, 1.807) is 7.11 Å². The van der Waals surface area contributed by atoms with E-state index in [9.17, 15) is 4.79 Å². The van der Waals surface area contributed by atoms with Gasteiger partial charge in [0.05, 0.1) is 13.7 Å². The van der Waals surface area contributed by atoms with Gasteiger partial charge in [-0.25, -0.2) is 0 Å². The summed E-state index contributed by atoms with van der Waals surface area (Å²) in [6.07, 6.45) is 2.46. The molecule has 2 fully saturated rings. The molecule has 1 heterocycles. The molecule has 1 aromatic rings. The van der Waals surface area contributed by atoms with Gasteiger partial charge in [-0.15, -0.1) is 0 Å². The van der Waals surface area contributed by atoms with Gasteiger partial charge in [-0.2, -0.15) is 0 Å². The lowest BCUT2D eigenvalue weighted by Crippen LogP contribution is -2.49. The summed E-state index contributed by atoms with van der Waals surface area (Å²) in [4.78, 5) is 17.0. The Labute approximate surface area is 163 Å². The second-order valence-electron chi connectivity index (χ2n) is 8.42. The van der Waals surface area contributed by atoms with Gasteiger partial charge in [-0.3, -0.25) is 9.69 Å². The van der Waals surface area contributed by atoms with Crippen LogP contribution in [0.15, 0.2) is 18.2 Å². The summed E-state index contributed by atoms with van der Waals surface area (Å²) in [5.41, 5.74) is 1.22. The van der Waals surface area contributed by atoms with Crippen molar-refractivity contribution in [2.24, 2.45) is 17.8 Å². The maximum absolute atomic E-state index is 12.6. The zero-order valence-electron chi connectivity index (χ0n) is 17.2. The van der Waals surface area contributed by atoms with Gasteiger partial charge in [0.25, 0.3) is 0 Å². The average molecular weight is 375 g/mol. The molecule has 2 aliphatic rings. The zero-order valence-corrected chi connectivity index (χ0v) is 17.2. The number of amides is 1. The van der Waals surface area contributed by atoms with Gasteiger partial charge < -0.3 is 14.4 Å². The molecule has 0 bridgehead atoms. The van der Waals surface area contributed by atoms with Crippen LogP contribution in [0.5, 0.6) is 11.5 Å². The molecule has 0 spiro atoms. The van der Waals surface area contributed by atoms with E-state index in [4.69, 9.17) is 9.47 Å². The predicted octanol–water partition coefficient (Wildman–Crippen LogP) is 3.42. The molecule has 5 nitrogen and oxygen atoms in total. The average Bonchev–Trinajstić information content (AvgIpc) is 3.51. The number of ether oxygens (including phenoxy) is 2. The Kier molecular flexibility index (Phi) is 6.64. The topological polar surface area (TPSA) is 42.0 Å². The number of hydrogen-bond donors (Lipinski definition) is 0. The molecule has 1 aliphatic carbocycles. The molecule has 0 aromatic heterocycles. The van der Waals surface area contributed by atoms with Crippen molar-refractivity contribution in [3.63, 3.8) is 0 Å². The number of carbonyl (C=O) groups is 1. The van der Waals surface area contributed by atoms with Crippen molar-refractivity contribution in [2.75, 3.05) is 39.9 Å². The molecule has 1 aliphatic heterocycles. The first-order chi connectivity index (χ1) is 13.0. The molecule has 1 saturated heterocycles. The van der Waals surface area contributed by atoms with Gasteiger partial charge in [0.15, 0.2) is 11.5 Å². The zero-order chi connectivity index (χ0) is 19.4. The summed E-state index contributed by atoms with van der Waals surface area (Å²) >= 11 is 0. The van der Waals surface area contributed by atoms with Crippen molar-refractivity contribution in [2.45, 2.75) is 40.2 Å². The highest BCUT2D eigenvalue weighted by Gasteiger charge is 2.35. The summed E-state index contributed by atoms with van der Waals surface area (Å²) in [6, 6.07) is 6.20. The first-order valence-electron chi connectivity index (χ1n) is 10.3. The molecule has 5 heteroatoms. The Bertz CT molecular complexity index is 634. The fraction of sp³-hybridized carbons (Fsp3) is 0.682. The van der Waals surface area contributed by atoms with Crippen LogP contribution in [0.25, 0.3) is 0 Å². The number of benzene rings is 1. The highest BCUT2D eigenvalue weighted by molar-refractivity contribution is 5.79. The fourth-order valence-corrected chi connectivity index (χ4v) is 3.66. The normalized spacial score (nSPS) is 19.2. The van der Waals surface area contributed by atoms with Gasteiger partial charge in [-0.05, 0) is 42.4 Å². The van der Waals surface area contributed by atoms with E-state index in [0.29, 0.717) is 24.3 Å². The lowest BCUT2D eigenvalue weighted by Gasteiger charge is -2.36. The quantitative estimate of drug-likeness (QED) is 0.699. The Morgan fingerprint density at radius 1 is 1.11 bits per heavy atom. The van der Waals surface area contributed by atoms with Gasteiger partial charge in [0.1, 0.15) is 0 Å². The van der Waals surface area contributed by atoms with E-state index < -0.39 is 0 Å². The highest BCUT2D eigenvalue weighted by Crippen LogP contribution is 2.37. The third-order valence-electron chi connectivity index (χ3n) is 5.61. The number of methoxy groups -OCH3 is 1. The second-order valence-corrected chi connectivity index (χ2v) is 8.42. The monoisotopic (exact) mass is 374 g/mol. The first kappa shape index (κ1) is 20.0. The number of piperazine rings is 1. The minimum Gasteiger partial charge on any atom is -0.493 e. The Hall–Kier alpha value is -1.75. The van der Waals surface area contributed by atoms with Crippen molar-refractivity contribution in [3.05, 3.63) is 23.8 Å². The van der Waals surface area contributed by atoms with E-state index in [1.165, 1.54) is 18.4 Å². The SMILES string of the molecule is COc1cc(CN2CCN(C(=O)C(C)C3CC3)CC2)ccc1OCC(C)C. The highest BCUT2D eigenvalue weighted by atomic mass is 16.5. The number of nitrogens with zero attached hydrogens (tertiary/aromatic N) is 2. The lowest BCUT2D eigenvalue weighted by molar-refractivity contribution is -0.137. The van der Waals surface area contributed by atoms with Crippen LogP contribution in [-0.4, -0.2) is 55.6 Å². The van der Waals surface area contributed by atoms with Crippen molar-refractivity contribution >= 4 is 5.91 Å². The molecule has 150 valence electrons. The van der Waals surface area contributed by atoms with E-state index in [2.05, 4.69) is 42.7 Å². The van der Waals surface area contributed by atoms with Crippen LogP contribution in [0.2, 0.25) is 0 Å². The van der Waals surface area contributed by atoms with E-state index in [-0.39, 0.29) is 5.92 Å². The standard InChI is InChI=1S/C22H34N2O3/c1-16(2)15-27-20-8-5-18(13-21(20)26-4)14-23-9-11-24(12-10-23)22(25)17(3)19-6-7-19/h5,8,13,16-17,19H,6-7,9-12,14-15H2,1-4H3. The number of rotatable bonds is 8. The lowest BCUT2D eigenvalue weighted by atomic mass is 10.0. The minimum atomic E-state index is 0.208. The maximum atomic E-state index is 12.6. The molecule has 1 saturated carbocycles. The number of carbonyl (C=O) groups excluding carboxylic acids is 1. The van der Waals surface area contributed by atoms with Gasteiger partial charge in [0, 0.05) is 38.6 Å². The Morgan fingerprint density at radius 2 is 1.81 bits per heavy atom. The van der Waals surface area contributed by atoms with Gasteiger partial charge in [0.2, 0.25) is 5.91 Å². The van der Waals surface area contributed by atoms with E-state index in [1.807, 2.05) is 6.07 Å². The Morgan fingerprint density at radius 3 is 2.41 bits per heavy atom. The maximum Gasteiger partial charge on any atom is 0.225 e. The molecule has 27 heavy (non-hydrogen) atoms. The van der Waals surface area contributed by atoms with Gasteiger partial charge >= 0.3 is 0 Å². The molecular weight excluding hydrogens is 340 g/mol. The molecule has 1 atom stereocenters. The van der Waals surface area contributed by atoms with Crippen molar-refractivity contribution in [1.29, 1.82) is 0 Å². The van der Waals surface area contributed by atoms with Crippen LogP contribution >= 0.6 is 0 Å². The van der Waals surface area contributed by atoms with E-state index >= 15 is 0 Å². The van der Waals surface area contributed by atoms with Crippen LogP contribution in [0.3, 0.4) is 0 Å². The molecule has 1 unspecified atom stereocenters. The predicted molar refractivity (Wildman–Crippen MR) is 107 cm³/mol. The third-order valence-corrected chi connectivity index (χ3v) is 5.61. The summed E-state index contributed by atoms with van der Waals surface area (Å²) in [5, 5.41) is 0. The van der Waals surface area contributed by atoms with Crippen LogP contribution < -0.4 is 9.47 Å². The van der Waals surface area contributed by atoms with Crippen LogP contribution in [0, 0.1) is 17.8 Å². The molecule has 3 rings (SSSR count). The molecular formula is C22H34N2O3. The van der Waals surface area contributed by atoms with E-state index in [0.717, 1.165) is 44.2 Å². The van der Waals surface area contributed by atoms with Crippen LogP contribution in [0.1, 0.15) is 39.2 Å². The largest absolute Gasteiger partial charge is 0.493 e. The molecule has 0 radical (unpaired) electrons.